The summed E-state index contributed by atoms with van der Waals surface area (Å²) in [4.78, 5) is 15.5. The van der Waals surface area contributed by atoms with Crippen LogP contribution in [0.1, 0.15) is 15.9 Å². The highest BCUT2D eigenvalue weighted by Crippen LogP contribution is 2.22. The summed E-state index contributed by atoms with van der Waals surface area (Å²) in [5, 5.41) is 2.80. The molecule has 0 atom stereocenters. The van der Waals surface area contributed by atoms with Gasteiger partial charge in [-0.3, -0.25) is 4.79 Å². The number of nitrogens with two attached hydrogens (primary N) is 1. The summed E-state index contributed by atoms with van der Waals surface area (Å²) in [5.41, 5.74) is 8.55. The fourth-order valence-electron chi connectivity index (χ4n) is 1.71. The number of nitrogens with zero attached hydrogens (tertiary/aromatic N) is 1. The zero-order valence-corrected chi connectivity index (χ0v) is 10.5. The predicted molar refractivity (Wildman–Crippen MR) is 76.2 cm³/mol. The van der Waals surface area contributed by atoms with Crippen LogP contribution in [-0.4, -0.2) is 5.91 Å². The van der Waals surface area contributed by atoms with Crippen molar-refractivity contribution in [3.05, 3.63) is 65.0 Å². The summed E-state index contributed by atoms with van der Waals surface area (Å²) in [5.74, 6) is -0.308. The van der Waals surface area contributed by atoms with Gasteiger partial charge in [-0.2, -0.15) is 0 Å². The number of para-hydroxylation sites is 1. The number of carbonyl (C=O) groups is 1. The van der Waals surface area contributed by atoms with Crippen molar-refractivity contribution in [2.75, 3.05) is 11.1 Å². The van der Waals surface area contributed by atoms with Gasteiger partial charge in [0, 0.05) is 11.4 Å². The second kappa shape index (κ2) is 5.23. The van der Waals surface area contributed by atoms with E-state index in [-0.39, 0.29) is 5.91 Å². The van der Waals surface area contributed by atoms with Crippen LogP contribution in [0.4, 0.5) is 17.1 Å². The Kier molecular flexibility index (Phi) is 3.48. The predicted octanol–water partition coefficient (Wildman–Crippen LogP) is 3.38. The molecule has 0 bridgehead atoms. The Bertz CT molecular complexity index is 671. The topological polar surface area (TPSA) is 59.5 Å². The van der Waals surface area contributed by atoms with Crippen LogP contribution in [0.2, 0.25) is 0 Å². The molecule has 0 unspecified atom stereocenters. The number of hydrogen-bond acceptors (Lipinski definition) is 2. The molecule has 2 aromatic carbocycles. The molecule has 0 saturated carbocycles. The van der Waals surface area contributed by atoms with Gasteiger partial charge < -0.3 is 11.1 Å². The van der Waals surface area contributed by atoms with E-state index in [1.165, 1.54) is 6.07 Å². The Morgan fingerprint density at radius 1 is 1.26 bits per heavy atom. The molecule has 0 radical (unpaired) electrons. The van der Waals surface area contributed by atoms with Crippen LogP contribution < -0.4 is 11.1 Å². The van der Waals surface area contributed by atoms with Gasteiger partial charge in [0.2, 0.25) is 0 Å². The third-order valence-electron chi connectivity index (χ3n) is 2.80. The Morgan fingerprint density at radius 3 is 2.68 bits per heavy atom. The molecule has 0 heterocycles. The van der Waals surface area contributed by atoms with Crippen LogP contribution in [-0.2, 0) is 0 Å². The maximum absolute atomic E-state index is 12.2. The highest BCUT2D eigenvalue weighted by atomic mass is 16.1. The second-order valence-corrected chi connectivity index (χ2v) is 4.15. The van der Waals surface area contributed by atoms with Crippen molar-refractivity contribution in [1.29, 1.82) is 0 Å². The van der Waals surface area contributed by atoms with Gasteiger partial charge in [-0.15, -0.1) is 0 Å². The number of nitrogens with one attached hydrogen (secondary N) is 1. The lowest BCUT2D eigenvalue weighted by molar-refractivity contribution is 0.102. The zero-order chi connectivity index (χ0) is 13.8. The summed E-state index contributed by atoms with van der Waals surface area (Å²) in [6, 6.07) is 12.1. The monoisotopic (exact) mass is 251 g/mol. The first-order valence-electron chi connectivity index (χ1n) is 5.76. The van der Waals surface area contributed by atoms with Crippen LogP contribution in [0.3, 0.4) is 0 Å². The minimum absolute atomic E-state index is 0.308. The number of carbonyl (C=O) groups excluding carboxylic acids is 1. The van der Waals surface area contributed by atoms with Crippen molar-refractivity contribution >= 4 is 23.0 Å². The van der Waals surface area contributed by atoms with Gasteiger partial charge in [-0.25, -0.2) is 4.85 Å². The Labute approximate surface area is 111 Å². The molecule has 0 fully saturated rings. The number of aryl methyl sites for hydroxylation is 1. The van der Waals surface area contributed by atoms with E-state index in [4.69, 9.17) is 12.3 Å². The SMILES string of the molecule is [C-]#[N+]c1ccc(N)c(C(=O)Nc2ccccc2C)c1. The van der Waals surface area contributed by atoms with E-state index in [1.54, 1.807) is 12.1 Å². The second-order valence-electron chi connectivity index (χ2n) is 4.15. The molecule has 0 aliphatic heterocycles. The van der Waals surface area contributed by atoms with E-state index in [1.807, 2.05) is 31.2 Å². The molecule has 4 nitrogen and oxygen atoms in total. The highest BCUT2D eigenvalue weighted by Gasteiger charge is 2.11. The van der Waals surface area contributed by atoms with Gasteiger partial charge in [0.05, 0.1) is 12.1 Å². The lowest BCUT2D eigenvalue weighted by Gasteiger charge is -2.10. The molecule has 19 heavy (non-hydrogen) atoms. The van der Waals surface area contributed by atoms with E-state index >= 15 is 0 Å². The lowest BCUT2D eigenvalue weighted by atomic mass is 10.1. The Hall–Kier alpha value is -2.80. The van der Waals surface area contributed by atoms with Crippen molar-refractivity contribution < 1.29 is 4.79 Å². The molecular weight excluding hydrogens is 238 g/mol. The van der Waals surface area contributed by atoms with Gasteiger partial charge in [0.25, 0.3) is 5.91 Å². The lowest BCUT2D eigenvalue weighted by Crippen LogP contribution is -2.14. The number of anilines is 2. The fourth-order valence-corrected chi connectivity index (χ4v) is 1.71. The van der Waals surface area contributed by atoms with Gasteiger partial charge in [-0.05, 0) is 30.7 Å². The first kappa shape index (κ1) is 12.7. The van der Waals surface area contributed by atoms with E-state index in [0.717, 1.165) is 11.3 Å². The molecule has 94 valence electrons. The van der Waals surface area contributed by atoms with Crippen molar-refractivity contribution in [1.82, 2.24) is 0 Å². The molecule has 2 rings (SSSR count). The maximum atomic E-state index is 12.2. The summed E-state index contributed by atoms with van der Waals surface area (Å²) >= 11 is 0. The first-order chi connectivity index (χ1) is 9.11. The third kappa shape index (κ3) is 2.72. The normalized spacial score (nSPS) is 9.68. The van der Waals surface area contributed by atoms with Gasteiger partial charge >= 0.3 is 0 Å². The van der Waals surface area contributed by atoms with Gasteiger partial charge in [-0.1, -0.05) is 24.3 Å². The summed E-state index contributed by atoms with van der Waals surface area (Å²) < 4.78 is 0. The van der Waals surface area contributed by atoms with Gasteiger partial charge in [0.15, 0.2) is 5.69 Å². The summed E-state index contributed by atoms with van der Waals surface area (Å²) in [6.45, 7) is 8.87. The van der Waals surface area contributed by atoms with Crippen LogP contribution in [0, 0.1) is 13.5 Å². The number of amides is 1. The molecule has 0 saturated heterocycles. The van der Waals surface area contributed by atoms with Crippen LogP contribution in [0.15, 0.2) is 42.5 Å². The zero-order valence-electron chi connectivity index (χ0n) is 10.5. The highest BCUT2D eigenvalue weighted by molar-refractivity contribution is 6.08. The smallest absolute Gasteiger partial charge is 0.256 e. The first-order valence-corrected chi connectivity index (χ1v) is 5.76. The van der Waals surface area contributed by atoms with Crippen LogP contribution in [0.25, 0.3) is 4.85 Å². The Morgan fingerprint density at radius 2 is 2.00 bits per heavy atom. The quantitative estimate of drug-likeness (QED) is 0.635. The van der Waals surface area contributed by atoms with E-state index in [9.17, 15) is 4.79 Å². The molecule has 2 aromatic rings. The number of nitrogen functional groups attached to an aromatic ring is 1. The standard InChI is InChI=1S/C15H13N3O/c1-10-5-3-4-6-14(10)18-15(19)12-9-11(17-2)7-8-13(12)16/h3-9H,16H2,1H3,(H,18,19). The van der Waals surface area contributed by atoms with Crippen molar-refractivity contribution in [2.24, 2.45) is 0 Å². The van der Waals surface area contributed by atoms with E-state index < -0.39 is 0 Å². The Balaban J connectivity index is 2.31. The number of rotatable bonds is 2. The molecule has 0 aliphatic rings. The van der Waals surface area contributed by atoms with Gasteiger partial charge in [0.1, 0.15) is 0 Å². The molecule has 0 aromatic heterocycles. The van der Waals surface area contributed by atoms with Crippen molar-refractivity contribution in [2.45, 2.75) is 6.92 Å². The number of benzene rings is 2. The van der Waals surface area contributed by atoms with Crippen molar-refractivity contribution in [3.63, 3.8) is 0 Å². The fraction of sp³-hybridized carbons (Fsp3) is 0.0667. The van der Waals surface area contributed by atoms with Crippen molar-refractivity contribution in [3.8, 4) is 0 Å². The number of hydrogen-bond donors (Lipinski definition) is 2. The van der Waals surface area contributed by atoms with E-state index in [0.29, 0.717) is 16.9 Å². The largest absolute Gasteiger partial charge is 0.398 e. The van der Waals surface area contributed by atoms with Crippen LogP contribution in [0.5, 0.6) is 0 Å². The third-order valence-corrected chi connectivity index (χ3v) is 2.80. The molecule has 1 amide bonds. The summed E-state index contributed by atoms with van der Waals surface area (Å²) in [6.07, 6.45) is 0. The van der Waals surface area contributed by atoms with E-state index in [2.05, 4.69) is 10.2 Å². The molecule has 4 heteroatoms. The average molecular weight is 251 g/mol. The molecule has 3 N–H and O–H groups in total. The average Bonchev–Trinajstić information content (AvgIpc) is 2.42. The molecular formula is C15H13N3O. The minimum Gasteiger partial charge on any atom is -0.398 e. The molecule has 0 spiro atoms. The maximum Gasteiger partial charge on any atom is 0.256 e. The minimum atomic E-state index is -0.308. The summed E-state index contributed by atoms with van der Waals surface area (Å²) in [7, 11) is 0. The molecule has 0 aliphatic carbocycles. The van der Waals surface area contributed by atoms with Crippen LogP contribution >= 0.6 is 0 Å².